The van der Waals surface area contributed by atoms with Crippen LogP contribution in [-0.4, -0.2) is 64.2 Å². The van der Waals surface area contributed by atoms with Crippen LogP contribution in [0.25, 0.3) is 0 Å². The molecule has 3 heterocycles. The number of hydrogen-bond donors (Lipinski definition) is 2. The quantitative estimate of drug-likeness (QED) is 0.541. The van der Waals surface area contributed by atoms with Crippen LogP contribution in [0, 0.1) is 0 Å². The summed E-state index contributed by atoms with van der Waals surface area (Å²) in [5.41, 5.74) is 0.369. The molecule has 1 fully saturated rings. The number of aromatic nitrogens is 2. The summed E-state index contributed by atoms with van der Waals surface area (Å²) in [6.45, 7) is 3.98. The molecule has 1 aromatic carbocycles. The molecule has 1 saturated heterocycles. The second kappa shape index (κ2) is 10.3. The fourth-order valence-electron chi connectivity index (χ4n) is 4.27. The van der Waals surface area contributed by atoms with Gasteiger partial charge in [0.15, 0.2) is 5.82 Å². The van der Waals surface area contributed by atoms with Gasteiger partial charge in [-0.05, 0) is 35.8 Å². The van der Waals surface area contributed by atoms with Crippen LogP contribution in [0.1, 0.15) is 31.0 Å². The number of nitrogens with one attached hydrogen (secondary N) is 1. The van der Waals surface area contributed by atoms with Crippen molar-refractivity contribution in [1.29, 1.82) is 0 Å². The number of benzene rings is 1. The van der Waals surface area contributed by atoms with E-state index in [0.29, 0.717) is 60.7 Å². The molecule has 0 bridgehead atoms. The zero-order chi connectivity index (χ0) is 24.5. The van der Waals surface area contributed by atoms with Gasteiger partial charge in [-0.1, -0.05) is 24.9 Å². The maximum absolute atomic E-state index is 13.2. The maximum Gasteiger partial charge on any atom is 0.417 e. The summed E-state index contributed by atoms with van der Waals surface area (Å²) in [6, 6.07) is 3.77. The van der Waals surface area contributed by atoms with Gasteiger partial charge in [0, 0.05) is 38.3 Å². The second-order valence-corrected chi connectivity index (χ2v) is 10.3. The highest BCUT2D eigenvalue weighted by Crippen LogP contribution is 2.37. The van der Waals surface area contributed by atoms with Gasteiger partial charge < -0.3 is 24.8 Å². The van der Waals surface area contributed by atoms with E-state index in [1.165, 1.54) is 6.07 Å². The van der Waals surface area contributed by atoms with Crippen LogP contribution >= 0.6 is 11.6 Å². The molecule has 186 valence electrons. The van der Waals surface area contributed by atoms with Crippen molar-refractivity contribution in [3.63, 3.8) is 0 Å². The van der Waals surface area contributed by atoms with Crippen LogP contribution in [0.4, 0.5) is 30.6 Å². The molecule has 1 unspecified atom stereocenters. The van der Waals surface area contributed by atoms with E-state index in [2.05, 4.69) is 15.3 Å². The number of aliphatic hydroxyl groups excluding tert-OH is 1. The van der Waals surface area contributed by atoms with E-state index < -0.39 is 22.9 Å². The van der Waals surface area contributed by atoms with E-state index >= 15 is 0 Å². The number of halogens is 4. The Morgan fingerprint density at radius 2 is 1.91 bits per heavy atom. The number of nitrogens with zero attached hydrogens (tertiary/aromatic N) is 4. The Balaban J connectivity index is 1.52. The first kappa shape index (κ1) is 25.2. The second-order valence-electron chi connectivity index (χ2n) is 8.40. The molecule has 2 aliphatic rings. The summed E-state index contributed by atoms with van der Waals surface area (Å²) in [4.78, 5) is 13.8. The lowest BCUT2D eigenvalue weighted by molar-refractivity contribution is -0.137. The molecule has 2 atom stereocenters. The topological polar surface area (TPSA) is 87.6 Å². The molecule has 12 heteroatoms. The van der Waals surface area contributed by atoms with Crippen molar-refractivity contribution < 1.29 is 22.8 Å². The number of fused-ring (bicyclic) bond motifs is 1. The molecule has 2 N–H and O–H groups in total. The van der Waals surface area contributed by atoms with Gasteiger partial charge in [-0.25, -0.2) is 4.98 Å². The Morgan fingerprint density at radius 1 is 1.21 bits per heavy atom. The molecule has 34 heavy (non-hydrogen) atoms. The maximum atomic E-state index is 13.2. The van der Waals surface area contributed by atoms with E-state index in [4.69, 9.17) is 11.6 Å². The van der Waals surface area contributed by atoms with Crippen LogP contribution in [0.15, 0.2) is 23.1 Å². The van der Waals surface area contributed by atoms with Crippen molar-refractivity contribution >= 4 is 40.2 Å². The summed E-state index contributed by atoms with van der Waals surface area (Å²) in [5, 5.41) is 12.6. The third kappa shape index (κ3) is 5.32. The van der Waals surface area contributed by atoms with Crippen molar-refractivity contribution in [2.75, 3.05) is 53.7 Å². The summed E-state index contributed by atoms with van der Waals surface area (Å²) >= 11 is 4.57. The minimum atomic E-state index is -4.51. The molecule has 0 amide bonds. The molecule has 1 aromatic heterocycles. The lowest BCUT2D eigenvalue weighted by Gasteiger charge is -2.36. The zero-order valence-corrected chi connectivity index (χ0v) is 20.3. The predicted octanol–water partition coefficient (Wildman–Crippen LogP) is 3.71. The zero-order valence-electron chi connectivity index (χ0n) is 18.7. The molecular formula is C22H27ClF3N5O2S. The Labute approximate surface area is 204 Å². The van der Waals surface area contributed by atoms with Crippen molar-refractivity contribution in [3.05, 3.63) is 34.5 Å². The number of aryl methyl sites for hydroxylation is 1. The number of hydrogen-bond acceptors (Lipinski definition) is 7. The van der Waals surface area contributed by atoms with Gasteiger partial charge >= 0.3 is 6.18 Å². The van der Waals surface area contributed by atoms with Crippen LogP contribution in [-0.2, 0) is 23.8 Å². The molecule has 0 radical (unpaired) electrons. The van der Waals surface area contributed by atoms with Crippen molar-refractivity contribution in [1.82, 2.24) is 9.97 Å². The van der Waals surface area contributed by atoms with Crippen LogP contribution < -0.4 is 15.1 Å². The Kier molecular flexibility index (Phi) is 7.66. The monoisotopic (exact) mass is 517 g/mol. The van der Waals surface area contributed by atoms with Crippen LogP contribution in [0.5, 0.6) is 0 Å². The first-order chi connectivity index (χ1) is 16.2. The fourth-order valence-corrected chi connectivity index (χ4v) is 5.80. The fraction of sp³-hybridized carbons (Fsp3) is 0.545. The van der Waals surface area contributed by atoms with Crippen LogP contribution in [0.3, 0.4) is 0 Å². The summed E-state index contributed by atoms with van der Waals surface area (Å²) in [6.07, 6.45) is -2.30. The highest BCUT2D eigenvalue weighted by molar-refractivity contribution is 7.91. The normalized spacial score (nSPS) is 19.3. The number of piperazine rings is 1. The molecule has 4 rings (SSSR count). The van der Waals surface area contributed by atoms with Gasteiger partial charge in [-0.15, -0.1) is 0 Å². The third-order valence-electron chi connectivity index (χ3n) is 6.06. The smallest absolute Gasteiger partial charge is 0.417 e. The number of aliphatic hydroxyl groups is 1. The van der Waals surface area contributed by atoms with Crippen molar-refractivity contribution in [2.45, 2.75) is 43.3 Å². The first-order valence-electron chi connectivity index (χ1n) is 11.2. The van der Waals surface area contributed by atoms with Gasteiger partial charge in [-0.3, -0.25) is 0 Å². The van der Waals surface area contributed by atoms with Crippen molar-refractivity contribution in [3.8, 4) is 0 Å². The van der Waals surface area contributed by atoms with Crippen LogP contribution in [0.2, 0.25) is 5.02 Å². The highest BCUT2D eigenvalue weighted by Gasteiger charge is 2.35. The molecule has 0 spiro atoms. The molecule has 2 aliphatic heterocycles. The minimum Gasteiger partial charge on any atom is -0.611 e. The predicted molar refractivity (Wildman–Crippen MR) is 127 cm³/mol. The Hall–Kier alpha value is -1.95. The Bertz CT molecular complexity index is 1020. The van der Waals surface area contributed by atoms with Gasteiger partial charge in [0.25, 0.3) is 0 Å². The summed E-state index contributed by atoms with van der Waals surface area (Å²) in [5.74, 6) is 1.49. The van der Waals surface area contributed by atoms with Gasteiger partial charge in [-0.2, -0.15) is 18.2 Å². The van der Waals surface area contributed by atoms with Crippen molar-refractivity contribution in [2.24, 2.45) is 0 Å². The first-order valence-corrected chi connectivity index (χ1v) is 12.9. The molecule has 0 aliphatic carbocycles. The standard InChI is InChI=1S/C22H27ClF3N5O2S/c1-2-3-14(13-32)27-20-19-18(6-11-34(19)33)28-21(29-20)31-9-7-30(8-10-31)15-4-5-17(23)16(12-15)22(24,25)26/h4-5,12,14,32H,2-3,6-11,13H2,1H3,(H,27,28,29)/t14-,34?/m1/s1. The van der Waals surface area contributed by atoms with E-state index in [9.17, 15) is 22.8 Å². The van der Waals surface area contributed by atoms with Gasteiger partial charge in [0.2, 0.25) is 10.8 Å². The Morgan fingerprint density at radius 3 is 2.56 bits per heavy atom. The third-order valence-corrected chi connectivity index (χ3v) is 7.85. The molecule has 0 saturated carbocycles. The molecule has 7 nitrogen and oxygen atoms in total. The van der Waals surface area contributed by atoms with E-state index in [1.54, 1.807) is 6.07 Å². The van der Waals surface area contributed by atoms with Gasteiger partial charge in [0.05, 0.1) is 23.2 Å². The number of alkyl halides is 3. The lowest BCUT2D eigenvalue weighted by Crippen LogP contribution is -2.47. The van der Waals surface area contributed by atoms with E-state index in [1.807, 2.05) is 16.7 Å². The van der Waals surface area contributed by atoms with Gasteiger partial charge in [0.1, 0.15) is 11.4 Å². The SMILES string of the molecule is CCC[C@H](CO)Nc1nc(N2CCN(c3ccc(Cl)c(C(F)(F)F)c3)CC2)nc2c1[S+]([O-])CC2. The lowest BCUT2D eigenvalue weighted by atomic mass is 10.1. The number of anilines is 3. The average molecular weight is 518 g/mol. The molecule has 2 aromatic rings. The molecular weight excluding hydrogens is 491 g/mol. The summed E-state index contributed by atoms with van der Waals surface area (Å²) in [7, 11) is 0. The summed E-state index contributed by atoms with van der Waals surface area (Å²) < 4.78 is 52.3. The largest absolute Gasteiger partial charge is 0.611 e. The van der Waals surface area contributed by atoms with E-state index in [0.717, 1.165) is 24.6 Å². The highest BCUT2D eigenvalue weighted by atomic mass is 35.5. The average Bonchev–Trinajstić information content (AvgIpc) is 3.19. The van der Waals surface area contributed by atoms with E-state index in [-0.39, 0.29) is 17.7 Å². The number of rotatable bonds is 7. The minimum absolute atomic E-state index is 0.0612.